The lowest BCUT2D eigenvalue weighted by Crippen LogP contribution is -2.23. The van der Waals surface area contributed by atoms with E-state index in [0.29, 0.717) is 17.7 Å². The molecule has 2 aromatic carbocycles. The van der Waals surface area contributed by atoms with Crippen molar-refractivity contribution in [3.63, 3.8) is 0 Å². The third kappa shape index (κ3) is 5.97. The maximum atomic E-state index is 15.4. The van der Waals surface area contributed by atoms with Gasteiger partial charge in [0.1, 0.15) is 10.8 Å². The normalized spacial score (nSPS) is 17.3. The van der Waals surface area contributed by atoms with Gasteiger partial charge in [0.15, 0.2) is 0 Å². The van der Waals surface area contributed by atoms with Gasteiger partial charge in [-0.3, -0.25) is 19.1 Å². The molecule has 2 unspecified atom stereocenters. The number of aromatic nitrogens is 1. The van der Waals surface area contributed by atoms with Gasteiger partial charge in [-0.25, -0.2) is 13.2 Å². The van der Waals surface area contributed by atoms with E-state index in [1.54, 1.807) is 32.1 Å². The summed E-state index contributed by atoms with van der Waals surface area (Å²) in [6.45, 7) is 3.51. The molecule has 40 heavy (non-hydrogen) atoms. The molecule has 1 aliphatic carbocycles. The molecule has 1 heterocycles. The summed E-state index contributed by atoms with van der Waals surface area (Å²) >= 11 is 6.54. The first kappa shape index (κ1) is 29.1. The Bertz CT molecular complexity index is 1590. The first-order chi connectivity index (χ1) is 19.0. The van der Waals surface area contributed by atoms with Gasteiger partial charge in [-0.2, -0.15) is 0 Å². The fourth-order valence-corrected chi connectivity index (χ4v) is 4.96. The zero-order valence-electron chi connectivity index (χ0n) is 22.5. The summed E-state index contributed by atoms with van der Waals surface area (Å²) in [5.74, 6) is -1.26. The van der Waals surface area contributed by atoms with Gasteiger partial charge in [-0.1, -0.05) is 41.9 Å². The summed E-state index contributed by atoms with van der Waals surface area (Å²) in [7, 11) is 3.08. The van der Waals surface area contributed by atoms with Gasteiger partial charge in [-0.15, -0.1) is 0 Å². The van der Waals surface area contributed by atoms with Crippen molar-refractivity contribution in [3.8, 4) is 0 Å². The number of aliphatic imine (C=N–C) groups is 1. The number of aryl methyl sites for hydroxylation is 1. The second-order valence-corrected chi connectivity index (χ2v) is 10.2. The number of nitrogens with zero attached hydrogens (tertiary/aromatic N) is 3. The Morgan fingerprint density at radius 1 is 1.12 bits per heavy atom. The number of alkyl halides is 2. The maximum Gasteiger partial charge on any atom is 0.273 e. The van der Waals surface area contributed by atoms with Crippen molar-refractivity contribution in [1.82, 2.24) is 9.47 Å². The van der Waals surface area contributed by atoms with Gasteiger partial charge in [0.25, 0.3) is 17.9 Å². The van der Waals surface area contributed by atoms with Gasteiger partial charge < -0.3 is 4.90 Å². The predicted molar refractivity (Wildman–Crippen MR) is 153 cm³/mol. The number of halogens is 4. The highest BCUT2D eigenvalue weighted by Gasteiger charge is 2.41. The average Bonchev–Trinajstić information content (AvgIpc) is 3.73. The van der Waals surface area contributed by atoms with Crippen molar-refractivity contribution in [1.29, 1.82) is 0 Å². The van der Waals surface area contributed by atoms with Crippen LogP contribution in [0.4, 0.5) is 13.2 Å². The molecule has 0 N–H and O–H groups in total. The van der Waals surface area contributed by atoms with Gasteiger partial charge in [0, 0.05) is 43.3 Å². The van der Waals surface area contributed by atoms with E-state index in [1.165, 1.54) is 66.3 Å². The molecule has 1 aromatic heterocycles. The third-order valence-corrected chi connectivity index (χ3v) is 7.22. The molecular weight excluding hydrogens is 539 g/mol. The maximum absolute atomic E-state index is 15.4. The molecule has 1 saturated carbocycles. The van der Waals surface area contributed by atoms with E-state index in [-0.39, 0.29) is 39.3 Å². The van der Waals surface area contributed by atoms with Crippen molar-refractivity contribution < 1.29 is 18.0 Å². The van der Waals surface area contributed by atoms with Gasteiger partial charge >= 0.3 is 0 Å². The van der Waals surface area contributed by atoms with E-state index in [9.17, 15) is 18.4 Å². The van der Waals surface area contributed by atoms with E-state index in [4.69, 9.17) is 11.6 Å². The predicted octanol–water partition coefficient (Wildman–Crippen LogP) is 7.35. The summed E-state index contributed by atoms with van der Waals surface area (Å²) in [6.07, 6.45) is 4.26. The average molecular weight is 568 g/mol. The van der Waals surface area contributed by atoms with E-state index in [1.807, 2.05) is 12.1 Å². The Hall–Kier alpha value is -3.91. The molecule has 4 rings (SSSR count). The van der Waals surface area contributed by atoms with E-state index < -0.39 is 23.7 Å². The number of allylic oxidation sites excluding steroid dienone is 2. The Morgan fingerprint density at radius 3 is 2.50 bits per heavy atom. The first-order valence-corrected chi connectivity index (χ1v) is 13.1. The number of amides is 1. The minimum Gasteiger partial charge on any atom is -0.345 e. The molecule has 3 aromatic rings. The molecular formula is C31H29ClF3N3O2. The fourth-order valence-electron chi connectivity index (χ4n) is 4.67. The first-order valence-electron chi connectivity index (χ1n) is 12.7. The van der Waals surface area contributed by atoms with Crippen molar-refractivity contribution in [2.24, 2.45) is 4.99 Å². The Kier molecular flexibility index (Phi) is 8.79. The summed E-state index contributed by atoms with van der Waals surface area (Å²) in [5.41, 5.74) is 1.78. The molecule has 0 saturated heterocycles. The van der Waals surface area contributed by atoms with Gasteiger partial charge in [0.05, 0.1) is 11.3 Å². The Morgan fingerprint density at radius 2 is 1.82 bits per heavy atom. The zero-order chi connectivity index (χ0) is 29.1. The lowest BCUT2D eigenvalue weighted by Gasteiger charge is -2.13. The lowest BCUT2D eigenvalue weighted by atomic mass is 10.0. The number of pyridine rings is 1. The minimum absolute atomic E-state index is 0.00101. The summed E-state index contributed by atoms with van der Waals surface area (Å²) in [6, 6.07) is 12.6. The van der Waals surface area contributed by atoms with Crippen LogP contribution in [-0.2, 0) is 0 Å². The molecule has 9 heteroatoms. The van der Waals surface area contributed by atoms with Crippen LogP contribution in [0.3, 0.4) is 0 Å². The van der Waals surface area contributed by atoms with Crippen molar-refractivity contribution >= 4 is 29.4 Å². The summed E-state index contributed by atoms with van der Waals surface area (Å²) in [4.78, 5) is 31.3. The molecule has 1 fully saturated rings. The molecule has 208 valence electrons. The van der Waals surface area contributed by atoms with Crippen molar-refractivity contribution in [2.45, 2.75) is 38.5 Å². The molecule has 0 spiro atoms. The third-order valence-electron chi connectivity index (χ3n) is 6.84. The number of hydrogen-bond acceptors (Lipinski definition) is 3. The molecule has 1 aliphatic rings. The van der Waals surface area contributed by atoms with Gasteiger partial charge in [0.2, 0.25) is 0 Å². The second-order valence-electron chi connectivity index (χ2n) is 9.83. The van der Waals surface area contributed by atoms with Crippen LogP contribution in [0.2, 0.25) is 5.02 Å². The number of carbonyl (C=O) groups is 1. The Balaban J connectivity index is 1.67. The monoisotopic (exact) mass is 567 g/mol. The minimum atomic E-state index is -2.55. The molecule has 1 amide bonds. The van der Waals surface area contributed by atoms with Crippen LogP contribution >= 0.6 is 11.6 Å². The highest BCUT2D eigenvalue weighted by molar-refractivity contribution is 6.31. The quantitative estimate of drug-likeness (QED) is 0.267. The van der Waals surface area contributed by atoms with Crippen LogP contribution in [-0.4, -0.2) is 35.2 Å². The number of benzene rings is 2. The molecule has 2 atom stereocenters. The molecule has 0 aliphatic heterocycles. The van der Waals surface area contributed by atoms with Crippen molar-refractivity contribution in [3.05, 3.63) is 122 Å². The fraction of sp³-hybridized carbons (Fsp3) is 0.258. The van der Waals surface area contributed by atoms with Crippen molar-refractivity contribution in [2.75, 3.05) is 14.1 Å². The number of rotatable bonds is 8. The number of carbonyl (C=O) groups excluding carboxylic acids is 1. The van der Waals surface area contributed by atoms with Crippen LogP contribution in [0.15, 0.2) is 76.7 Å². The molecule has 5 nitrogen and oxygen atoms in total. The largest absolute Gasteiger partial charge is 0.345 e. The highest BCUT2D eigenvalue weighted by Crippen LogP contribution is 2.56. The van der Waals surface area contributed by atoms with E-state index in [2.05, 4.69) is 4.99 Å². The topological polar surface area (TPSA) is 54.7 Å². The van der Waals surface area contributed by atoms with Crippen LogP contribution in [0.1, 0.15) is 69.9 Å². The van der Waals surface area contributed by atoms with Gasteiger partial charge in [-0.05, 0) is 73.6 Å². The van der Waals surface area contributed by atoms with Crippen LogP contribution < -0.4 is 5.56 Å². The SMILES string of the molecule is C/C=C/N=C(/C=C/n1c(C)cc(C2CC2c2cccc(C(F)F)c2)c(Cl)c1=O)c1cccc(C(=O)N(C)C)c1F. The standard InChI is InChI=1S/C31H29ClF3N3O2/c1-5-13-36-26(21-10-7-11-22(28(21)33)30(39)37(3)4)12-14-38-18(2)15-25(27(32)31(38)40)24-17-23(24)19-8-6-9-20(16-19)29(34)35/h5-16,23-24,29H,17H2,1-4H3/b13-5+,14-12+,36-26-. The molecule has 0 radical (unpaired) electrons. The summed E-state index contributed by atoms with van der Waals surface area (Å²) in [5, 5.41) is 0.0458. The van der Waals surface area contributed by atoms with E-state index in [0.717, 1.165) is 5.56 Å². The smallest absolute Gasteiger partial charge is 0.273 e. The summed E-state index contributed by atoms with van der Waals surface area (Å²) < 4.78 is 43.1. The zero-order valence-corrected chi connectivity index (χ0v) is 23.3. The second kappa shape index (κ2) is 12.1. The van der Waals surface area contributed by atoms with Crippen LogP contribution in [0, 0.1) is 12.7 Å². The van der Waals surface area contributed by atoms with Crippen LogP contribution in [0.25, 0.3) is 6.20 Å². The molecule has 0 bridgehead atoms. The van der Waals surface area contributed by atoms with Crippen LogP contribution in [0.5, 0.6) is 0 Å². The highest BCUT2D eigenvalue weighted by atomic mass is 35.5. The number of hydrogen-bond donors (Lipinski definition) is 0. The lowest BCUT2D eigenvalue weighted by molar-refractivity contribution is 0.0823. The Labute approximate surface area is 235 Å². The van der Waals surface area contributed by atoms with E-state index >= 15 is 4.39 Å².